The van der Waals surface area contributed by atoms with E-state index in [1.807, 2.05) is 12.1 Å². The summed E-state index contributed by atoms with van der Waals surface area (Å²) in [6.45, 7) is 2.04. The Labute approximate surface area is 257 Å². The maximum absolute atomic E-state index is 12.1. The van der Waals surface area contributed by atoms with Gasteiger partial charge < -0.3 is 4.55 Å². The maximum atomic E-state index is 12.1. The topological polar surface area (TPSA) is 57.2 Å². The molecule has 0 fully saturated rings. The molecule has 0 atom stereocenters. The van der Waals surface area contributed by atoms with Crippen LogP contribution in [-0.4, -0.2) is 19.6 Å². The van der Waals surface area contributed by atoms with Gasteiger partial charge in [0.25, 0.3) is 0 Å². The average Bonchev–Trinajstić information content (AvgIpc) is 2.87. The van der Waals surface area contributed by atoms with Gasteiger partial charge in [-0.25, -0.2) is 8.42 Å². The molecule has 0 saturated carbocycles. The molecule has 0 saturated heterocycles. The van der Waals surface area contributed by atoms with Crippen molar-refractivity contribution in [1.82, 2.24) is 0 Å². The molecule has 1 aromatic carbocycles. The van der Waals surface area contributed by atoms with Crippen molar-refractivity contribution in [2.45, 2.75) is 166 Å². The van der Waals surface area contributed by atoms with Crippen LogP contribution in [0.25, 0.3) is 0 Å². The first-order valence-corrected chi connectivity index (χ1v) is 17.0. The molecule has 1 aromatic rings. The average molecular weight is 563 g/mol. The van der Waals surface area contributed by atoms with Gasteiger partial charge >= 0.3 is 29.6 Å². The molecule has 0 radical (unpaired) electrons. The minimum absolute atomic E-state index is 0. The third-order valence-corrected chi connectivity index (χ3v) is 8.48. The molecule has 0 bridgehead atoms. The van der Waals surface area contributed by atoms with E-state index >= 15 is 0 Å². The molecule has 0 N–H and O–H groups in total. The summed E-state index contributed by atoms with van der Waals surface area (Å²) in [7, 11) is -4.44. The largest absolute Gasteiger partial charge is 1.00 e. The molecule has 0 aliphatic carbocycles. The van der Waals surface area contributed by atoms with Gasteiger partial charge in [0.15, 0.2) is 0 Å². The van der Waals surface area contributed by atoms with E-state index in [1.165, 1.54) is 96.0 Å². The third-order valence-electron chi connectivity index (χ3n) is 7.54. The van der Waals surface area contributed by atoms with Crippen LogP contribution >= 0.6 is 0 Å². The normalized spacial score (nSPS) is 11.6. The fourth-order valence-electron chi connectivity index (χ4n) is 5.22. The van der Waals surface area contributed by atoms with Crippen LogP contribution in [0.3, 0.4) is 0 Å². The molecule has 0 spiro atoms. The van der Waals surface area contributed by atoms with E-state index in [0.717, 1.165) is 56.9 Å². The number of unbranched alkanes of at least 4 members (excludes halogenated alkanes) is 20. The molecular weight excluding hydrogens is 506 g/mol. The predicted molar refractivity (Wildman–Crippen MR) is 155 cm³/mol. The van der Waals surface area contributed by atoms with Crippen LogP contribution in [0, 0.1) is 0 Å². The summed E-state index contributed by atoms with van der Waals surface area (Å²) < 4.78 is 47.3. The summed E-state index contributed by atoms with van der Waals surface area (Å²) in [6, 6.07) is 5.30. The monoisotopic (exact) mass is 562 g/mol. The zero-order valence-electron chi connectivity index (χ0n) is 24.9. The standard InChI is InChI=1S/C32H57FO3S.Na/c1-2-3-4-5-6-7-8-9-10-11-12-13-15-18-21-24-30-26-27-32(37(34,35)36)31(29-30)25-22-19-16-14-17-20-23-28-33;/h26-27,29H,2-25,28H2,1H3,(H,34,35,36);/q;+1/p-1. The zero-order valence-corrected chi connectivity index (χ0v) is 27.7. The Balaban J connectivity index is 0.0000137. The molecule has 0 aliphatic rings. The van der Waals surface area contributed by atoms with Crippen LogP contribution < -0.4 is 29.6 Å². The van der Waals surface area contributed by atoms with Crippen LogP contribution in [0.4, 0.5) is 4.39 Å². The van der Waals surface area contributed by atoms with Crippen molar-refractivity contribution < 1.29 is 46.9 Å². The molecule has 1 rings (SSSR count). The summed E-state index contributed by atoms with van der Waals surface area (Å²) in [4.78, 5) is -0.0457. The van der Waals surface area contributed by atoms with Gasteiger partial charge in [0.1, 0.15) is 10.1 Å². The molecule has 6 heteroatoms. The van der Waals surface area contributed by atoms with E-state index in [0.29, 0.717) is 18.4 Å². The molecule has 0 aromatic heterocycles. The Kier molecular flexibility index (Phi) is 26.0. The quantitative estimate of drug-likeness (QED) is 0.0679. The number of alkyl halides is 1. The fourth-order valence-corrected chi connectivity index (χ4v) is 5.94. The number of aryl methyl sites for hydroxylation is 2. The van der Waals surface area contributed by atoms with Gasteiger partial charge in [0.2, 0.25) is 0 Å². The maximum Gasteiger partial charge on any atom is 1.00 e. The second-order valence-electron chi connectivity index (χ2n) is 11.0. The minimum atomic E-state index is -4.44. The molecule has 0 heterocycles. The van der Waals surface area contributed by atoms with Crippen molar-refractivity contribution in [2.24, 2.45) is 0 Å². The van der Waals surface area contributed by atoms with Crippen LogP contribution in [0.15, 0.2) is 23.1 Å². The summed E-state index contributed by atoms with van der Waals surface area (Å²) in [5, 5.41) is 0. The smallest absolute Gasteiger partial charge is 0.744 e. The number of benzene rings is 1. The van der Waals surface area contributed by atoms with Crippen LogP contribution in [0.1, 0.15) is 159 Å². The second-order valence-corrected chi connectivity index (χ2v) is 12.4. The van der Waals surface area contributed by atoms with Crippen molar-refractivity contribution in [3.63, 3.8) is 0 Å². The van der Waals surface area contributed by atoms with E-state index in [1.54, 1.807) is 0 Å². The van der Waals surface area contributed by atoms with Gasteiger partial charge in [-0.05, 0) is 49.3 Å². The summed E-state index contributed by atoms with van der Waals surface area (Å²) in [5.74, 6) is 0. The van der Waals surface area contributed by atoms with Gasteiger partial charge in [-0.3, -0.25) is 4.39 Å². The van der Waals surface area contributed by atoms with Crippen LogP contribution in [-0.2, 0) is 23.0 Å². The Morgan fingerprint density at radius 3 is 1.42 bits per heavy atom. The van der Waals surface area contributed by atoms with Gasteiger partial charge in [-0.1, -0.05) is 141 Å². The minimum Gasteiger partial charge on any atom is -0.744 e. The van der Waals surface area contributed by atoms with Gasteiger partial charge in [0, 0.05) is 0 Å². The zero-order chi connectivity index (χ0) is 27.0. The Bertz CT molecular complexity index is 770. The second kappa shape index (κ2) is 26.0. The first-order valence-electron chi connectivity index (χ1n) is 15.6. The van der Waals surface area contributed by atoms with Crippen molar-refractivity contribution >= 4 is 10.1 Å². The van der Waals surface area contributed by atoms with Crippen molar-refractivity contribution in [1.29, 1.82) is 0 Å². The van der Waals surface area contributed by atoms with E-state index in [4.69, 9.17) is 0 Å². The predicted octanol–water partition coefficient (Wildman–Crippen LogP) is 7.25. The first kappa shape index (κ1) is 38.1. The molecule has 3 nitrogen and oxygen atoms in total. The third kappa shape index (κ3) is 20.9. The molecule has 0 unspecified atom stereocenters. The SMILES string of the molecule is CCCCCCCCCCCCCCCCCc1ccc(S(=O)(=O)[O-])c(CCCCCCCCCF)c1.[Na+]. The first-order chi connectivity index (χ1) is 18.0. The van der Waals surface area contributed by atoms with Crippen molar-refractivity contribution in [3.05, 3.63) is 29.3 Å². The number of hydrogen-bond acceptors (Lipinski definition) is 3. The summed E-state index contributed by atoms with van der Waals surface area (Å²) >= 11 is 0. The Morgan fingerprint density at radius 2 is 1.00 bits per heavy atom. The molecule has 0 aliphatic heterocycles. The Morgan fingerprint density at radius 1 is 0.605 bits per heavy atom. The van der Waals surface area contributed by atoms with Gasteiger partial charge in [-0.15, -0.1) is 0 Å². The van der Waals surface area contributed by atoms with E-state index in [9.17, 15) is 17.4 Å². The van der Waals surface area contributed by atoms with Crippen molar-refractivity contribution in [3.8, 4) is 0 Å². The van der Waals surface area contributed by atoms with Crippen LogP contribution in [0.2, 0.25) is 0 Å². The molecule has 216 valence electrons. The van der Waals surface area contributed by atoms with Gasteiger partial charge in [0.05, 0.1) is 11.6 Å². The summed E-state index contributed by atoms with van der Waals surface area (Å²) in [5.41, 5.74) is 1.83. The number of hydrogen-bond donors (Lipinski definition) is 0. The number of rotatable bonds is 26. The molecule has 0 amide bonds. The summed E-state index contributed by atoms with van der Waals surface area (Å²) in [6.07, 6.45) is 28.4. The van der Waals surface area contributed by atoms with Crippen molar-refractivity contribution in [2.75, 3.05) is 6.67 Å². The fraction of sp³-hybridized carbons (Fsp3) is 0.812. The van der Waals surface area contributed by atoms with E-state index < -0.39 is 10.1 Å². The van der Waals surface area contributed by atoms with Crippen LogP contribution in [0.5, 0.6) is 0 Å². The Hall–Kier alpha value is 0.0600. The number of halogens is 1. The van der Waals surface area contributed by atoms with E-state index in [2.05, 4.69) is 6.92 Å². The van der Waals surface area contributed by atoms with E-state index in [-0.39, 0.29) is 41.1 Å². The molecule has 38 heavy (non-hydrogen) atoms. The van der Waals surface area contributed by atoms with Gasteiger partial charge in [-0.2, -0.15) is 0 Å². The molecular formula is C32H56FNaO3S.